The minimum absolute atomic E-state index is 0.150. The van der Waals surface area contributed by atoms with Crippen molar-refractivity contribution in [2.75, 3.05) is 13.9 Å². The molecule has 2 heterocycles. The largest absolute Gasteiger partial charge is 0.497 e. The lowest BCUT2D eigenvalue weighted by atomic mass is 10.00. The van der Waals surface area contributed by atoms with Crippen LogP contribution in [0.5, 0.6) is 17.2 Å². The fourth-order valence-corrected chi connectivity index (χ4v) is 3.29. The van der Waals surface area contributed by atoms with Crippen LogP contribution in [-0.2, 0) is 0 Å². The molecule has 1 aromatic heterocycles. The summed E-state index contributed by atoms with van der Waals surface area (Å²) in [5.41, 5.74) is 2.29. The zero-order valence-electron chi connectivity index (χ0n) is 13.6. The second-order valence-corrected chi connectivity index (χ2v) is 6.03. The molecule has 0 N–H and O–H groups in total. The van der Waals surface area contributed by atoms with Gasteiger partial charge in [-0.25, -0.2) is 4.98 Å². The number of fused-ring (bicyclic) bond motifs is 2. The van der Waals surface area contributed by atoms with Gasteiger partial charge in [0, 0.05) is 17.0 Å². The predicted octanol–water partition coefficient (Wildman–Crippen LogP) is 4.50. The number of nitrogens with zero attached hydrogens (tertiary/aromatic N) is 1. The van der Waals surface area contributed by atoms with E-state index in [1.54, 1.807) is 37.4 Å². The number of ether oxygens (including phenoxy) is 3. The van der Waals surface area contributed by atoms with Crippen molar-refractivity contribution in [3.63, 3.8) is 0 Å². The summed E-state index contributed by atoms with van der Waals surface area (Å²) >= 11 is 6.55. The van der Waals surface area contributed by atoms with Crippen LogP contribution in [0.15, 0.2) is 36.4 Å². The lowest BCUT2D eigenvalue weighted by Crippen LogP contribution is -2.02. The average molecular weight is 356 g/mol. The van der Waals surface area contributed by atoms with Gasteiger partial charge in [0.15, 0.2) is 17.3 Å². The van der Waals surface area contributed by atoms with Gasteiger partial charge in [-0.05, 0) is 37.3 Å². The molecule has 0 aliphatic carbocycles. The van der Waals surface area contributed by atoms with Crippen LogP contribution >= 0.6 is 11.6 Å². The highest BCUT2D eigenvalue weighted by Crippen LogP contribution is 2.39. The maximum atomic E-state index is 12.3. The number of ketones is 1. The molecule has 0 unspecified atom stereocenters. The summed E-state index contributed by atoms with van der Waals surface area (Å²) in [4.78, 5) is 16.9. The summed E-state index contributed by atoms with van der Waals surface area (Å²) in [6.45, 7) is 1.66. The number of carbonyl (C=O) groups excluding carboxylic acids is 1. The summed E-state index contributed by atoms with van der Waals surface area (Å²) < 4.78 is 16.0. The Morgan fingerprint density at radius 3 is 2.72 bits per heavy atom. The molecule has 0 fully saturated rings. The van der Waals surface area contributed by atoms with E-state index in [0.29, 0.717) is 44.4 Å². The van der Waals surface area contributed by atoms with Crippen LogP contribution in [-0.4, -0.2) is 24.7 Å². The number of methoxy groups -OCH3 is 1. The Kier molecular flexibility index (Phi) is 3.73. The van der Waals surface area contributed by atoms with Crippen LogP contribution in [0.25, 0.3) is 22.2 Å². The van der Waals surface area contributed by atoms with Crippen LogP contribution in [0, 0.1) is 0 Å². The van der Waals surface area contributed by atoms with E-state index in [4.69, 9.17) is 25.8 Å². The molecule has 0 spiro atoms. The first-order valence-corrected chi connectivity index (χ1v) is 8.04. The molecule has 25 heavy (non-hydrogen) atoms. The fraction of sp³-hybridized carbons (Fsp3) is 0.158. The van der Waals surface area contributed by atoms with Gasteiger partial charge in [-0.15, -0.1) is 0 Å². The summed E-state index contributed by atoms with van der Waals surface area (Å²) in [5.74, 6) is 1.81. The summed E-state index contributed by atoms with van der Waals surface area (Å²) in [6, 6.07) is 10.8. The SMILES string of the molecule is COc1ccc2c(Cl)c(C(C)=O)c(-c3ccc4c(c3)OCO4)nc2c1. The van der Waals surface area contributed by atoms with Gasteiger partial charge < -0.3 is 14.2 Å². The molecule has 5 nitrogen and oxygen atoms in total. The summed E-state index contributed by atoms with van der Waals surface area (Å²) in [6.07, 6.45) is 0. The Bertz CT molecular complexity index is 1020. The van der Waals surface area contributed by atoms with Crippen molar-refractivity contribution in [1.29, 1.82) is 0 Å². The van der Waals surface area contributed by atoms with Crippen LogP contribution in [0.3, 0.4) is 0 Å². The third-order valence-electron chi connectivity index (χ3n) is 4.13. The first-order chi connectivity index (χ1) is 12.1. The third-order valence-corrected chi connectivity index (χ3v) is 4.52. The molecule has 0 atom stereocenters. The van der Waals surface area contributed by atoms with E-state index in [0.717, 1.165) is 5.56 Å². The van der Waals surface area contributed by atoms with Crippen molar-refractivity contribution in [2.45, 2.75) is 6.92 Å². The van der Waals surface area contributed by atoms with Crippen molar-refractivity contribution in [2.24, 2.45) is 0 Å². The van der Waals surface area contributed by atoms with Crippen LogP contribution in [0.1, 0.15) is 17.3 Å². The van der Waals surface area contributed by atoms with Gasteiger partial charge in [-0.1, -0.05) is 11.6 Å². The van der Waals surface area contributed by atoms with Gasteiger partial charge in [0.2, 0.25) is 6.79 Å². The first kappa shape index (κ1) is 15.7. The monoisotopic (exact) mass is 355 g/mol. The van der Waals surface area contributed by atoms with E-state index in [-0.39, 0.29) is 12.6 Å². The number of hydrogen-bond acceptors (Lipinski definition) is 5. The zero-order chi connectivity index (χ0) is 17.6. The zero-order valence-corrected chi connectivity index (χ0v) is 14.4. The van der Waals surface area contributed by atoms with E-state index < -0.39 is 0 Å². The number of benzene rings is 2. The molecule has 126 valence electrons. The van der Waals surface area contributed by atoms with E-state index in [2.05, 4.69) is 4.98 Å². The van der Waals surface area contributed by atoms with Crippen LogP contribution in [0.2, 0.25) is 5.02 Å². The molecule has 0 radical (unpaired) electrons. The molecule has 0 saturated heterocycles. The van der Waals surface area contributed by atoms with E-state index in [1.807, 2.05) is 6.07 Å². The van der Waals surface area contributed by atoms with Crippen molar-refractivity contribution in [1.82, 2.24) is 4.98 Å². The van der Waals surface area contributed by atoms with Crippen molar-refractivity contribution in [3.8, 4) is 28.5 Å². The molecule has 3 aromatic rings. The number of aromatic nitrogens is 1. The molecule has 6 heteroatoms. The van der Waals surface area contributed by atoms with Crippen molar-refractivity contribution >= 4 is 28.3 Å². The van der Waals surface area contributed by atoms with Gasteiger partial charge in [0.1, 0.15) is 5.75 Å². The van der Waals surface area contributed by atoms with E-state index in [9.17, 15) is 4.79 Å². The van der Waals surface area contributed by atoms with Crippen molar-refractivity contribution < 1.29 is 19.0 Å². The van der Waals surface area contributed by atoms with E-state index in [1.165, 1.54) is 6.92 Å². The Morgan fingerprint density at radius 2 is 1.96 bits per heavy atom. The van der Waals surface area contributed by atoms with Crippen LogP contribution < -0.4 is 14.2 Å². The maximum absolute atomic E-state index is 12.3. The fourth-order valence-electron chi connectivity index (χ4n) is 2.91. The van der Waals surface area contributed by atoms with Crippen molar-refractivity contribution in [3.05, 3.63) is 47.0 Å². The number of rotatable bonds is 3. The Hall–Kier alpha value is -2.79. The second kappa shape index (κ2) is 5.93. The van der Waals surface area contributed by atoms with Gasteiger partial charge in [0.25, 0.3) is 0 Å². The number of halogens is 1. The molecular formula is C19H14ClNO4. The topological polar surface area (TPSA) is 57.7 Å². The van der Waals surface area contributed by atoms with Gasteiger partial charge in [-0.2, -0.15) is 0 Å². The maximum Gasteiger partial charge on any atom is 0.231 e. The number of Topliss-reactive ketones (excluding diaryl/α,β-unsaturated/α-hetero) is 1. The minimum atomic E-state index is -0.150. The normalized spacial score (nSPS) is 12.4. The molecular weight excluding hydrogens is 342 g/mol. The summed E-state index contributed by atoms with van der Waals surface area (Å²) in [5, 5.41) is 1.09. The van der Waals surface area contributed by atoms with Gasteiger partial charge in [0.05, 0.1) is 28.9 Å². The minimum Gasteiger partial charge on any atom is -0.497 e. The summed E-state index contributed by atoms with van der Waals surface area (Å²) in [7, 11) is 1.59. The highest BCUT2D eigenvalue weighted by molar-refractivity contribution is 6.39. The first-order valence-electron chi connectivity index (χ1n) is 7.66. The predicted molar refractivity (Wildman–Crippen MR) is 94.9 cm³/mol. The molecule has 1 aliphatic rings. The average Bonchev–Trinajstić information content (AvgIpc) is 3.08. The molecule has 4 rings (SSSR count). The lowest BCUT2D eigenvalue weighted by molar-refractivity contribution is 0.101. The van der Waals surface area contributed by atoms with Gasteiger partial charge in [-0.3, -0.25) is 4.79 Å². The number of carbonyl (C=O) groups is 1. The smallest absolute Gasteiger partial charge is 0.231 e. The Labute approximate surface area is 149 Å². The lowest BCUT2D eigenvalue weighted by Gasteiger charge is -2.13. The quantitative estimate of drug-likeness (QED) is 0.648. The van der Waals surface area contributed by atoms with Gasteiger partial charge >= 0.3 is 0 Å². The standard InChI is InChI=1S/C19H14ClNO4/c1-10(22)17-18(20)13-5-4-12(23-2)8-14(13)21-19(17)11-3-6-15-16(7-11)25-9-24-15/h3-8H,9H2,1-2H3. The molecule has 0 amide bonds. The highest BCUT2D eigenvalue weighted by Gasteiger charge is 2.21. The third kappa shape index (κ3) is 2.57. The molecule has 0 saturated carbocycles. The van der Waals surface area contributed by atoms with Crippen LogP contribution in [0.4, 0.5) is 0 Å². The molecule has 1 aliphatic heterocycles. The Balaban J connectivity index is 2.00. The van der Waals surface area contributed by atoms with E-state index >= 15 is 0 Å². The molecule has 2 aromatic carbocycles. The number of hydrogen-bond donors (Lipinski definition) is 0. The highest BCUT2D eigenvalue weighted by atomic mass is 35.5. The second-order valence-electron chi connectivity index (χ2n) is 5.66. The molecule has 0 bridgehead atoms. The number of pyridine rings is 1. The Morgan fingerprint density at radius 1 is 1.16 bits per heavy atom.